The van der Waals surface area contributed by atoms with E-state index in [1.54, 1.807) is 0 Å². The Labute approximate surface area is 106 Å². The van der Waals surface area contributed by atoms with E-state index < -0.39 is 0 Å². The second-order valence-corrected chi connectivity index (χ2v) is 5.99. The minimum absolute atomic E-state index is 0.379. The quantitative estimate of drug-likeness (QED) is 0.821. The van der Waals surface area contributed by atoms with Gasteiger partial charge >= 0.3 is 0 Å². The number of ether oxygens (including phenoxy) is 1. The fraction of sp³-hybridized carbons (Fsp3) is 1.00. The fourth-order valence-electron chi connectivity index (χ4n) is 3.22. The van der Waals surface area contributed by atoms with Gasteiger partial charge in [-0.2, -0.15) is 0 Å². The summed E-state index contributed by atoms with van der Waals surface area (Å²) in [5.74, 6) is 0. The Balaban J connectivity index is 1.71. The van der Waals surface area contributed by atoms with Crippen LogP contribution >= 0.6 is 0 Å². The van der Waals surface area contributed by atoms with Crippen molar-refractivity contribution in [3.8, 4) is 0 Å². The van der Waals surface area contributed by atoms with Crippen LogP contribution in [0.2, 0.25) is 0 Å². The van der Waals surface area contributed by atoms with Crippen molar-refractivity contribution < 1.29 is 4.74 Å². The summed E-state index contributed by atoms with van der Waals surface area (Å²) in [5, 5.41) is 0. The van der Waals surface area contributed by atoms with Gasteiger partial charge in [-0.15, -0.1) is 0 Å². The average Bonchev–Trinajstić information content (AvgIpc) is 2.30. The van der Waals surface area contributed by atoms with Crippen LogP contribution in [0, 0.1) is 0 Å². The van der Waals surface area contributed by atoms with Gasteiger partial charge < -0.3 is 15.4 Å². The summed E-state index contributed by atoms with van der Waals surface area (Å²) in [6.07, 6.45) is 8.36. The molecule has 2 fully saturated rings. The number of likely N-dealkylation sites (tertiary alicyclic amines) is 1. The van der Waals surface area contributed by atoms with Crippen molar-refractivity contribution in [3.05, 3.63) is 0 Å². The van der Waals surface area contributed by atoms with Crippen LogP contribution in [0.25, 0.3) is 0 Å². The van der Waals surface area contributed by atoms with Crippen molar-refractivity contribution in [1.82, 2.24) is 4.90 Å². The molecule has 3 nitrogen and oxygen atoms in total. The summed E-state index contributed by atoms with van der Waals surface area (Å²) in [6.45, 7) is 6.69. The molecule has 1 saturated heterocycles. The van der Waals surface area contributed by atoms with E-state index in [2.05, 4.69) is 18.7 Å². The molecule has 0 aromatic carbocycles. The predicted octanol–water partition coefficient (Wildman–Crippen LogP) is 2.15. The number of hydrogen-bond donors (Lipinski definition) is 1. The average molecular weight is 240 g/mol. The zero-order valence-corrected chi connectivity index (χ0v) is 11.4. The molecule has 0 unspecified atom stereocenters. The SMILES string of the molecule is CC(C)OC1CCC(N2CCC(N)CC2)CC1. The Hall–Kier alpha value is -0.120. The van der Waals surface area contributed by atoms with E-state index in [1.807, 2.05) is 0 Å². The molecule has 2 N–H and O–H groups in total. The van der Waals surface area contributed by atoms with E-state index in [-0.39, 0.29) is 0 Å². The Morgan fingerprint density at radius 2 is 1.59 bits per heavy atom. The third kappa shape index (κ3) is 3.94. The first-order valence-electron chi connectivity index (χ1n) is 7.30. The summed E-state index contributed by atoms with van der Waals surface area (Å²) in [7, 11) is 0. The lowest BCUT2D eigenvalue weighted by molar-refractivity contribution is -0.0281. The molecule has 0 aromatic heterocycles. The van der Waals surface area contributed by atoms with Crippen molar-refractivity contribution in [1.29, 1.82) is 0 Å². The van der Waals surface area contributed by atoms with Crippen LogP contribution in [0.3, 0.4) is 0 Å². The van der Waals surface area contributed by atoms with Gasteiger partial charge in [0.15, 0.2) is 0 Å². The molecule has 0 atom stereocenters. The van der Waals surface area contributed by atoms with Crippen LogP contribution in [0.1, 0.15) is 52.4 Å². The predicted molar refractivity (Wildman–Crippen MR) is 71.0 cm³/mol. The molecule has 0 radical (unpaired) electrons. The fourth-order valence-corrected chi connectivity index (χ4v) is 3.22. The first-order valence-corrected chi connectivity index (χ1v) is 7.30. The third-order valence-corrected chi connectivity index (χ3v) is 4.20. The highest BCUT2D eigenvalue weighted by Gasteiger charge is 2.28. The lowest BCUT2D eigenvalue weighted by Gasteiger charge is -2.40. The summed E-state index contributed by atoms with van der Waals surface area (Å²) in [6, 6.07) is 1.25. The van der Waals surface area contributed by atoms with Crippen LogP contribution < -0.4 is 5.73 Å². The largest absolute Gasteiger partial charge is 0.376 e. The van der Waals surface area contributed by atoms with Crippen LogP contribution in [-0.2, 0) is 4.74 Å². The molecule has 0 amide bonds. The Morgan fingerprint density at radius 3 is 2.12 bits per heavy atom. The molecular formula is C14H28N2O. The van der Waals surface area contributed by atoms with Gasteiger partial charge in [-0.05, 0) is 65.5 Å². The van der Waals surface area contributed by atoms with Crippen molar-refractivity contribution in [2.24, 2.45) is 5.73 Å². The lowest BCUT2D eigenvalue weighted by Crippen LogP contribution is -2.46. The molecule has 1 heterocycles. The summed E-state index contributed by atoms with van der Waals surface area (Å²) < 4.78 is 5.91. The smallest absolute Gasteiger partial charge is 0.0579 e. The Kier molecular flexibility index (Phi) is 4.83. The first-order chi connectivity index (χ1) is 8.15. The number of rotatable bonds is 3. The minimum atomic E-state index is 0.379. The topological polar surface area (TPSA) is 38.5 Å². The molecule has 2 aliphatic rings. The van der Waals surface area contributed by atoms with Gasteiger partial charge in [0.1, 0.15) is 0 Å². The monoisotopic (exact) mass is 240 g/mol. The molecule has 1 saturated carbocycles. The van der Waals surface area contributed by atoms with Gasteiger partial charge in [0.05, 0.1) is 12.2 Å². The lowest BCUT2D eigenvalue weighted by atomic mass is 9.90. The number of hydrogen-bond acceptors (Lipinski definition) is 3. The molecule has 1 aliphatic heterocycles. The van der Waals surface area contributed by atoms with Gasteiger partial charge in [0.2, 0.25) is 0 Å². The second-order valence-electron chi connectivity index (χ2n) is 5.99. The van der Waals surface area contributed by atoms with Gasteiger partial charge in [0, 0.05) is 12.1 Å². The van der Waals surface area contributed by atoms with Crippen LogP contribution in [0.5, 0.6) is 0 Å². The maximum absolute atomic E-state index is 5.96. The zero-order chi connectivity index (χ0) is 12.3. The molecule has 0 spiro atoms. The maximum atomic E-state index is 5.96. The van der Waals surface area contributed by atoms with E-state index in [9.17, 15) is 0 Å². The molecular weight excluding hydrogens is 212 g/mol. The molecule has 0 bridgehead atoms. The summed E-state index contributed by atoms with van der Waals surface area (Å²) in [5.41, 5.74) is 5.96. The van der Waals surface area contributed by atoms with E-state index in [0.29, 0.717) is 18.2 Å². The van der Waals surface area contributed by atoms with Gasteiger partial charge in [-0.3, -0.25) is 0 Å². The molecule has 17 heavy (non-hydrogen) atoms. The van der Waals surface area contributed by atoms with Crippen LogP contribution in [0.15, 0.2) is 0 Å². The zero-order valence-electron chi connectivity index (χ0n) is 11.4. The Bertz CT molecular complexity index is 216. The van der Waals surface area contributed by atoms with Gasteiger partial charge in [0.25, 0.3) is 0 Å². The van der Waals surface area contributed by atoms with E-state index in [4.69, 9.17) is 10.5 Å². The van der Waals surface area contributed by atoms with E-state index >= 15 is 0 Å². The van der Waals surface area contributed by atoms with Crippen LogP contribution in [-0.4, -0.2) is 42.3 Å². The van der Waals surface area contributed by atoms with E-state index in [1.165, 1.54) is 51.6 Å². The molecule has 3 heteroatoms. The van der Waals surface area contributed by atoms with Crippen molar-refractivity contribution in [2.45, 2.75) is 76.7 Å². The normalized spacial score (nSPS) is 33.2. The highest BCUT2D eigenvalue weighted by atomic mass is 16.5. The van der Waals surface area contributed by atoms with Gasteiger partial charge in [-0.1, -0.05) is 0 Å². The van der Waals surface area contributed by atoms with Gasteiger partial charge in [-0.25, -0.2) is 0 Å². The number of nitrogens with two attached hydrogens (primary N) is 1. The molecule has 1 aliphatic carbocycles. The third-order valence-electron chi connectivity index (χ3n) is 4.20. The number of piperidine rings is 1. The standard InChI is InChI=1S/C14H28N2O/c1-11(2)17-14-5-3-13(4-6-14)16-9-7-12(15)8-10-16/h11-14H,3-10,15H2,1-2H3. The van der Waals surface area contributed by atoms with Crippen molar-refractivity contribution in [2.75, 3.05) is 13.1 Å². The highest BCUT2D eigenvalue weighted by Crippen LogP contribution is 2.27. The second kappa shape index (κ2) is 6.17. The first kappa shape index (κ1) is 13.3. The van der Waals surface area contributed by atoms with Crippen molar-refractivity contribution in [3.63, 3.8) is 0 Å². The van der Waals surface area contributed by atoms with E-state index in [0.717, 1.165) is 6.04 Å². The molecule has 2 rings (SSSR count). The minimum Gasteiger partial charge on any atom is -0.376 e. The molecule has 100 valence electrons. The summed E-state index contributed by atoms with van der Waals surface area (Å²) in [4.78, 5) is 2.66. The Morgan fingerprint density at radius 1 is 1.00 bits per heavy atom. The number of nitrogens with zero attached hydrogens (tertiary/aromatic N) is 1. The highest BCUT2D eigenvalue weighted by molar-refractivity contribution is 4.84. The van der Waals surface area contributed by atoms with Crippen molar-refractivity contribution >= 4 is 0 Å². The maximum Gasteiger partial charge on any atom is 0.0579 e. The summed E-state index contributed by atoms with van der Waals surface area (Å²) >= 11 is 0. The van der Waals surface area contributed by atoms with Crippen LogP contribution in [0.4, 0.5) is 0 Å². The molecule has 0 aromatic rings.